The van der Waals surface area contributed by atoms with Gasteiger partial charge in [0, 0.05) is 13.5 Å². The van der Waals surface area contributed by atoms with E-state index in [9.17, 15) is 4.79 Å². The maximum Gasteiger partial charge on any atom is 0.225 e. The van der Waals surface area contributed by atoms with E-state index < -0.39 is 0 Å². The van der Waals surface area contributed by atoms with Crippen LogP contribution < -0.4 is 10.6 Å². The van der Waals surface area contributed by atoms with E-state index in [4.69, 9.17) is 5.73 Å². The van der Waals surface area contributed by atoms with Gasteiger partial charge >= 0.3 is 0 Å². The number of hydrogen-bond donors (Lipinski definition) is 1. The Bertz CT molecular complexity index is 295. The summed E-state index contributed by atoms with van der Waals surface area (Å²) in [6.07, 6.45) is 1.54. The molecule has 0 saturated carbocycles. The number of anilines is 2. The molecule has 84 valence electrons. The number of carbonyl (C=O) groups is 1. The fourth-order valence-electron chi connectivity index (χ4n) is 1.10. The van der Waals surface area contributed by atoms with Crippen molar-refractivity contribution in [3.8, 4) is 0 Å². The van der Waals surface area contributed by atoms with Gasteiger partial charge in [0.2, 0.25) is 5.91 Å². The van der Waals surface area contributed by atoms with Crippen LogP contribution in [0.5, 0.6) is 0 Å². The molecule has 0 radical (unpaired) electrons. The van der Waals surface area contributed by atoms with Crippen LogP contribution in [0.4, 0.5) is 11.5 Å². The molecule has 0 saturated heterocycles. The predicted molar refractivity (Wildman–Crippen MR) is 63.7 cm³/mol. The van der Waals surface area contributed by atoms with Crippen LogP contribution in [0.2, 0.25) is 0 Å². The first-order valence-corrected chi connectivity index (χ1v) is 5.14. The summed E-state index contributed by atoms with van der Waals surface area (Å²) < 4.78 is 0. The maximum atomic E-state index is 11.1. The summed E-state index contributed by atoms with van der Waals surface area (Å²) in [6.45, 7) is 8.03. The zero-order valence-corrected chi connectivity index (χ0v) is 9.82. The second kappa shape index (κ2) is 6.81. The molecule has 1 amide bonds. The van der Waals surface area contributed by atoms with Crippen LogP contribution >= 0.6 is 0 Å². The average molecular weight is 209 g/mol. The Kier molecular flexibility index (Phi) is 6.09. The van der Waals surface area contributed by atoms with Gasteiger partial charge in [-0.05, 0) is 19.1 Å². The smallest absolute Gasteiger partial charge is 0.225 e. The fourth-order valence-corrected chi connectivity index (χ4v) is 1.10. The molecule has 1 aromatic heterocycles. The summed E-state index contributed by atoms with van der Waals surface area (Å²) in [6, 6.07) is 3.47. The first kappa shape index (κ1) is 13.4. The molecular formula is C11H19N3O. The summed E-state index contributed by atoms with van der Waals surface area (Å²) in [5.74, 6) is 0.629. The Morgan fingerprint density at radius 1 is 1.47 bits per heavy atom. The van der Waals surface area contributed by atoms with Crippen molar-refractivity contribution in [1.82, 2.24) is 4.98 Å². The third-order valence-electron chi connectivity index (χ3n) is 1.74. The fraction of sp³-hybridized carbons (Fsp3) is 0.455. The molecule has 15 heavy (non-hydrogen) atoms. The maximum absolute atomic E-state index is 11.1. The van der Waals surface area contributed by atoms with Gasteiger partial charge in [0.25, 0.3) is 0 Å². The van der Waals surface area contributed by atoms with Gasteiger partial charge in [0.05, 0.1) is 11.9 Å². The van der Waals surface area contributed by atoms with E-state index in [1.807, 2.05) is 20.8 Å². The van der Waals surface area contributed by atoms with Gasteiger partial charge in [0.1, 0.15) is 5.82 Å². The lowest BCUT2D eigenvalue weighted by molar-refractivity contribution is -0.116. The Morgan fingerprint density at radius 3 is 2.40 bits per heavy atom. The minimum atomic E-state index is -0.0141. The van der Waals surface area contributed by atoms with Crippen molar-refractivity contribution in [1.29, 1.82) is 0 Å². The summed E-state index contributed by atoms with van der Waals surface area (Å²) >= 11 is 0. The van der Waals surface area contributed by atoms with Crippen molar-refractivity contribution in [2.24, 2.45) is 0 Å². The summed E-state index contributed by atoms with van der Waals surface area (Å²) in [7, 11) is 0. The molecule has 1 rings (SSSR count). The van der Waals surface area contributed by atoms with Crippen LogP contribution in [0.15, 0.2) is 18.3 Å². The minimum Gasteiger partial charge on any atom is -0.397 e. The van der Waals surface area contributed by atoms with Gasteiger partial charge in [0.15, 0.2) is 0 Å². The lowest BCUT2D eigenvalue weighted by atomic mass is 10.4. The number of hydrogen-bond acceptors (Lipinski definition) is 3. The molecule has 1 heterocycles. The molecule has 4 heteroatoms. The van der Waals surface area contributed by atoms with E-state index in [1.54, 1.807) is 23.2 Å². The average Bonchev–Trinajstić information content (AvgIpc) is 2.24. The van der Waals surface area contributed by atoms with Crippen LogP contribution in [-0.2, 0) is 4.79 Å². The number of nitrogens with two attached hydrogens (primary N) is 1. The van der Waals surface area contributed by atoms with Crippen LogP contribution in [0.25, 0.3) is 0 Å². The van der Waals surface area contributed by atoms with E-state index >= 15 is 0 Å². The Morgan fingerprint density at radius 2 is 2.07 bits per heavy atom. The number of pyridine rings is 1. The molecule has 0 aliphatic rings. The topological polar surface area (TPSA) is 59.2 Å². The summed E-state index contributed by atoms with van der Waals surface area (Å²) in [5, 5.41) is 0. The van der Waals surface area contributed by atoms with Crippen LogP contribution in [0.3, 0.4) is 0 Å². The number of nitrogen functional groups attached to an aromatic ring is 1. The van der Waals surface area contributed by atoms with Crippen molar-refractivity contribution < 1.29 is 4.79 Å². The van der Waals surface area contributed by atoms with Gasteiger partial charge in [-0.2, -0.15) is 0 Å². The number of aromatic nitrogens is 1. The second-order valence-electron chi connectivity index (χ2n) is 2.71. The van der Waals surface area contributed by atoms with Gasteiger partial charge in [-0.1, -0.05) is 13.8 Å². The van der Waals surface area contributed by atoms with Gasteiger partial charge in [-0.3, -0.25) is 9.69 Å². The molecule has 0 atom stereocenters. The second-order valence-corrected chi connectivity index (χ2v) is 2.71. The molecule has 2 N–H and O–H groups in total. The van der Waals surface area contributed by atoms with Crippen molar-refractivity contribution >= 4 is 17.4 Å². The molecular weight excluding hydrogens is 190 g/mol. The zero-order chi connectivity index (χ0) is 11.8. The van der Waals surface area contributed by atoms with E-state index in [2.05, 4.69) is 4.98 Å². The highest BCUT2D eigenvalue weighted by Gasteiger charge is 2.08. The number of nitrogens with zero attached hydrogens (tertiary/aromatic N) is 2. The molecule has 0 aromatic carbocycles. The molecule has 4 nitrogen and oxygen atoms in total. The quantitative estimate of drug-likeness (QED) is 0.811. The summed E-state index contributed by atoms with van der Waals surface area (Å²) in [4.78, 5) is 16.7. The molecule has 0 spiro atoms. The first-order valence-electron chi connectivity index (χ1n) is 5.14. The monoisotopic (exact) mass is 209 g/mol. The normalized spacial score (nSPS) is 8.80. The predicted octanol–water partition coefficient (Wildman–Crippen LogP) is 2.06. The van der Waals surface area contributed by atoms with E-state index in [0.29, 0.717) is 18.1 Å². The Hall–Kier alpha value is -1.58. The molecule has 0 aliphatic carbocycles. The lowest BCUT2D eigenvalue weighted by Gasteiger charge is -2.17. The van der Waals surface area contributed by atoms with Crippen molar-refractivity contribution in [2.75, 3.05) is 17.2 Å². The Labute approximate surface area is 91.1 Å². The third-order valence-corrected chi connectivity index (χ3v) is 1.74. The van der Waals surface area contributed by atoms with Gasteiger partial charge in [-0.15, -0.1) is 0 Å². The van der Waals surface area contributed by atoms with Crippen LogP contribution in [0, 0.1) is 0 Å². The highest BCUT2D eigenvalue weighted by Crippen LogP contribution is 2.11. The van der Waals surface area contributed by atoms with E-state index in [-0.39, 0.29) is 5.91 Å². The van der Waals surface area contributed by atoms with Crippen LogP contribution in [-0.4, -0.2) is 17.4 Å². The molecule has 1 aromatic rings. The molecule has 0 bridgehead atoms. The highest BCUT2D eigenvalue weighted by atomic mass is 16.2. The molecule has 0 aliphatic heterocycles. The molecule has 0 unspecified atom stereocenters. The largest absolute Gasteiger partial charge is 0.397 e. The highest BCUT2D eigenvalue weighted by molar-refractivity contribution is 5.90. The summed E-state index contributed by atoms with van der Waals surface area (Å²) in [5.41, 5.74) is 6.08. The van der Waals surface area contributed by atoms with Gasteiger partial charge < -0.3 is 5.73 Å². The zero-order valence-electron chi connectivity index (χ0n) is 9.82. The minimum absolute atomic E-state index is 0.0141. The van der Waals surface area contributed by atoms with E-state index in [0.717, 1.165) is 0 Å². The van der Waals surface area contributed by atoms with E-state index in [1.165, 1.54) is 6.92 Å². The van der Waals surface area contributed by atoms with Crippen molar-refractivity contribution in [3.05, 3.63) is 18.3 Å². The van der Waals surface area contributed by atoms with Gasteiger partial charge in [-0.25, -0.2) is 4.98 Å². The SMILES string of the molecule is CC.CCN(C(C)=O)c1ccc(N)cn1. The standard InChI is InChI=1S/C9H13N3O.C2H6/c1-3-12(7(2)13)9-5-4-8(10)6-11-9;1-2/h4-6H,3,10H2,1-2H3;1-2H3. The molecule has 0 fully saturated rings. The number of rotatable bonds is 2. The lowest BCUT2D eigenvalue weighted by Crippen LogP contribution is -2.28. The first-order chi connectivity index (χ1) is 7.15. The number of carbonyl (C=O) groups excluding carboxylic acids is 1. The van der Waals surface area contributed by atoms with Crippen LogP contribution in [0.1, 0.15) is 27.7 Å². The van der Waals surface area contributed by atoms with Crippen molar-refractivity contribution in [3.63, 3.8) is 0 Å². The Balaban J connectivity index is 0.000000921. The third kappa shape index (κ3) is 3.97. The van der Waals surface area contributed by atoms with Crippen molar-refractivity contribution in [2.45, 2.75) is 27.7 Å². The number of amides is 1.